The highest BCUT2D eigenvalue weighted by Gasteiger charge is 2.41. The fourth-order valence-electron chi connectivity index (χ4n) is 1.25. The molecular formula is C10H17N3O6. The zero-order chi connectivity index (χ0) is 14.6. The molecule has 1 atom stereocenters. The number of ether oxygens (including phenoxy) is 1. The van der Waals surface area contributed by atoms with E-state index in [9.17, 15) is 14.8 Å². The van der Waals surface area contributed by atoms with E-state index in [1.54, 1.807) is 20.8 Å². The van der Waals surface area contributed by atoms with Crippen molar-refractivity contribution in [1.82, 2.24) is 5.01 Å². The highest BCUT2D eigenvalue weighted by atomic mass is 16.8. The first-order valence-electron chi connectivity index (χ1n) is 5.70. The first-order valence-corrected chi connectivity index (χ1v) is 5.70. The summed E-state index contributed by atoms with van der Waals surface area (Å²) >= 11 is 0. The first-order chi connectivity index (χ1) is 8.73. The zero-order valence-corrected chi connectivity index (χ0v) is 11.0. The molecule has 1 unspecified atom stereocenters. The lowest BCUT2D eigenvalue weighted by Crippen LogP contribution is -2.55. The van der Waals surface area contributed by atoms with Gasteiger partial charge >= 0.3 is 11.9 Å². The van der Waals surface area contributed by atoms with Gasteiger partial charge in [-0.2, -0.15) is 0 Å². The minimum absolute atomic E-state index is 0.0488. The van der Waals surface area contributed by atoms with E-state index in [-0.39, 0.29) is 11.5 Å². The third-order valence-corrected chi connectivity index (χ3v) is 2.48. The predicted molar refractivity (Wildman–Crippen MR) is 60.3 cm³/mol. The smallest absolute Gasteiger partial charge is 0.332 e. The second kappa shape index (κ2) is 5.72. The molecule has 0 aromatic heterocycles. The summed E-state index contributed by atoms with van der Waals surface area (Å²) in [6, 6.07) is -0.887. The molecule has 0 radical (unpaired) electrons. The maximum absolute atomic E-state index is 11.3. The Morgan fingerprint density at radius 2 is 2.16 bits per heavy atom. The molecule has 0 bridgehead atoms. The van der Waals surface area contributed by atoms with E-state index in [0.717, 1.165) is 5.01 Å². The Morgan fingerprint density at radius 3 is 2.58 bits per heavy atom. The lowest BCUT2D eigenvalue weighted by atomic mass is 9.98. The van der Waals surface area contributed by atoms with Crippen LogP contribution in [0.4, 0.5) is 0 Å². The standard InChI is InChI=1S/C10H17N3O6/c1-10(2,3)9(16)18-6-19-11-13(17)12-5-4-7(12)8(14)15/h7H,4-6H2,1-3H3,(H,14,15)/b13-11-. The second-order valence-corrected chi connectivity index (χ2v) is 5.07. The van der Waals surface area contributed by atoms with Gasteiger partial charge in [-0.25, -0.2) is 4.79 Å². The average Bonchev–Trinajstić information content (AvgIpc) is 2.20. The molecule has 0 saturated carbocycles. The molecule has 1 saturated heterocycles. The van der Waals surface area contributed by atoms with Crippen molar-refractivity contribution in [2.45, 2.75) is 33.2 Å². The van der Waals surface area contributed by atoms with Gasteiger partial charge in [0.2, 0.25) is 5.28 Å². The van der Waals surface area contributed by atoms with Crippen LogP contribution in [0.1, 0.15) is 27.2 Å². The van der Waals surface area contributed by atoms with Crippen molar-refractivity contribution in [3.8, 4) is 0 Å². The van der Waals surface area contributed by atoms with Crippen LogP contribution in [0.2, 0.25) is 0 Å². The molecule has 1 fully saturated rings. The van der Waals surface area contributed by atoms with Crippen molar-refractivity contribution < 1.29 is 29.2 Å². The Hall–Kier alpha value is -2.06. The molecule has 0 spiro atoms. The van der Waals surface area contributed by atoms with Crippen molar-refractivity contribution in [3.63, 3.8) is 0 Å². The van der Waals surface area contributed by atoms with E-state index >= 15 is 0 Å². The number of carboxylic acids is 1. The fraction of sp³-hybridized carbons (Fsp3) is 0.800. The normalized spacial score (nSPS) is 19.6. The van der Waals surface area contributed by atoms with E-state index in [2.05, 4.69) is 10.1 Å². The van der Waals surface area contributed by atoms with Gasteiger partial charge in [0.1, 0.15) is 0 Å². The van der Waals surface area contributed by atoms with Crippen molar-refractivity contribution in [2.24, 2.45) is 10.7 Å². The summed E-state index contributed by atoms with van der Waals surface area (Å²) < 4.78 is 4.71. The maximum atomic E-state index is 11.3. The Bertz CT molecular complexity index is 389. The van der Waals surface area contributed by atoms with Crippen molar-refractivity contribution in [2.75, 3.05) is 13.3 Å². The summed E-state index contributed by atoms with van der Waals surface area (Å²) in [6.45, 7) is 4.80. The molecule has 108 valence electrons. The molecular weight excluding hydrogens is 258 g/mol. The van der Waals surface area contributed by atoms with E-state index in [1.165, 1.54) is 0 Å². The minimum atomic E-state index is -1.10. The quantitative estimate of drug-likeness (QED) is 0.194. The molecule has 0 amide bonds. The maximum Gasteiger partial charge on any atom is 0.332 e. The number of hydrogen-bond acceptors (Lipinski definition) is 6. The van der Waals surface area contributed by atoms with Crippen molar-refractivity contribution in [3.05, 3.63) is 5.21 Å². The van der Waals surface area contributed by atoms with Crippen LogP contribution in [0.5, 0.6) is 0 Å². The van der Waals surface area contributed by atoms with Gasteiger partial charge in [-0.3, -0.25) is 4.79 Å². The topological polar surface area (TPSA) is 114 Å². The van der Waals surface area contributed by atoms with Gasteiger partial charge in [-0.05, 0) is 20.8 Å². The first kappa shape index (κ1) is 15.0. The summed E-state index contributed by atoms with van der Waals surface area (Å²) in [5.41, 5.74) is -0.674. The third kappa shape index (κ3) is 3.97. The van der Waals surface area contributed by atoms with Gasteiger partial charge in [0.25, 0.3) is 6.79 Å². The van der Waals surface area contributed by atoms with Crippen LogP contribution in [0.3, 0.4) is 0 Å². The number of nitrogens with zero attached hydrogens (tertiary/aromatic N) is 3. The predicted octanol–water partition coefficient (Wildman–Crippen LogP) is 0.501. The SMILES string of the molecule is CC(C)(C)C(=O)OCO/N=[N+](\[O-])N1CCC1C(=O)O. The summed E-state index contributed by atoms with van der Waals surface area (Å²) in [6.07, 6.45) is 0.378. The van der Waals surface area contributed by atoms with Gasteiger partial charge in [-0.15, -0.1) is 5.01 Å². The molecule has 0 aromatic carbocycles. The zero-order valence-electron chi connectivity index (χ0n) is 11.0. The Balaban J connectivity index is 2.33. The molecule has 1 N–H and O–H groups in total. The van der Waals surface area contributed by atoms with Gasteiger partial charge in [0.15, 0.2) is 6.04 Å². The van der Waals surface area contributed by atoms with Crippen LogP contribution in [0, 0.1) is 10.6 Å². The summed E-state index contributed by atoms with van der Waals surface area (Å²) in [5.74, 6) is -1.59. The average molecular weight is 275 g/mol. The van der Waals surface area contributed by atoms with Gasteiger partial charge < -0.3 is 19.9 Å². The lowest BCUT2D eigenvalue weighted by Gasteiger charge is -2.31. The van der Waals surface area contributed by atoms with Crippen LogP contribution in [0.25, 0.3) is 0 Å². The number of rotatable bonds is 5. The number of hydrazine groups is 1. The molecule has 1 rings (SSSR count). The summed E-state index contributed by atoms with van der Waals surface area (Å²) in [4.78, 5) is 26.6. The molecule has 19 heavy (non-hydrogen) atoms. The number of carbonyl (C=O) groups excluding carboxylic acids is 1. The van der Waals surface area contributed by atoms with Gasteiger partial charge in [0, 0.05) is 6.42 Å². The fourth-order valence-corrected chi connectivity index (χ4v) is 1.25. The van der Waals surface area contributed by atoms with Crippen LogP contribution >= 0.6 is 0 Å². The van der Waals surface area contributed by atoms with Crippen LogP contribution in [-0.2, 0) is 19.2 Å². The van der Waals surface area contributed by atoms with Crippen molar-refractivity contribution in [1.29, 1.82) is 0 Å². The Morgan fingerprint density at radius 1 is 1.53 bits per heavy atom. The van der Waals surface area contributed by atoms with E-state index in [4.69, 9.17) is 9.84 Å². The molecule has 1 aliphatic heterocycles. The number of carbonyl (C=O) groups is 2. The molecule has 9 nitrogen and oxygen atoms in total. The highest BCUT2D eigenvalue weighted by molar-refractivity contribution is 5.75. The van der Waals surface area contributed by atoms with E-state index in [0.29, 0.717) is 6.42 Å². The van der Waals surface area contributed by atoms with Crippen LogP contribution < -0.4 is 0 Å². The number of esters is 1. The van der Waals surface area contributed by atoms with Crippen molar-refractivity contribution >= 4 is 11.9 Å². The second-order valence-electron chi connectivity index (χ2n) is 5.07. The van der Waals surface area contributed by atoms with Crippen LogP contribution in [-0.4, -0.2) is 46.4 Å². The Kier molecular flexibility index (Phi) is 4.52. The number of aliphatic carboxylic acids is 1. The molecule has 9 heteroatoms. The third-order valence-electron chi connectivity index (χ3n) is 2.48. The van der Waals surface area contributed by atoms with Gasteiger partial charge in [-0.1, -0.05) is 0 Å². The lowest BCUT2D eigenvalue weighted by molar-refractivity contribution is -0.729. The number of carboxylic acid groups (broad SMARTS) is 1. The Labute approximate surface area is 109 Å². The molecule has 1 heterocycles. The summed E-state index contributed by atoms with van der Waals surface area (Å²) in [7, 11) is 0. The van der Waals surface area contributed by atoms with Crippen LogP contribution in [0.15, 0.2) is 5.28 Å². The van der Waals surface area contributed by atoms with E-state index in [1.807, 2.05) is 0 Å². The molecule has 0 aromatic rings. The molecule has 0 aliphatic carbocycles. The largest absolute Gasteiger partial charge is 0.569 e. The van der Waals surface area contributed by atoms with E-state index < -0.39 is 30.2 Å². The minimum Gasteiger partial charge on any atom is -0.569 e. The number of hydrogen-bond donors (Lipinski definition) is 1. The molecule has 1 aliphatic rings. The highest BCUT2D eigenvalue weighted by Crippen LogP contribution is 2.17. The monoisotopic (exact) mass is 275 g/mol. The summed E-state index contributed by atoms with van der Waals surface area (Å²) in [5, 5.41) is 24.1. The van der Waals surface area contributed by atoms with Gasteiger partial charge in [0.05, 0.1) is 16.9 Å².